The molecule has 0 spiro atoms. The number of amides is 2. The lowest BCUT2D eigenvalue weighted by Gasteiger charge is -2.26. The maximum absolute atomic E-state index is 12.6. The average molecular weight is 366 g/mol. The van der Waals surface area contributed by atoms with Crippen LogP contribution in [0, 0.1) is 12.3 Å². The van der Waals surface area contributed by atoms with Crippen molar-refractivity contribution in [2.45, 2.75) is 34.1 Å². The SMILES string of the molecule is Cc1cccc(OCC(=O)Nc2ccc3c(c2)CCN3C(=O)C(C)(C)C)c1. The van der Waals surface area contributed by atoms with E-state index in [-0.39, 0.29) is 18.4 Å². The van der Waals surface area contributed by atoms with Crippen molar-refractivity contribution in [3.8, 4) is 5.75 Å². The molecule has 1 N–H and O–H groups in total. The van der Waals surface area contributed by atoms with Crippen LogP contribution in [0.2, 0.25) is 0 Å². The first-order valence-corrected chi connectivity index (χ1v) is 9.18. The number of ether oxygens (including phenoxy) is 1. The van der Waals surface area contributed by atoms with Crippen LogP contribution in [0.1, 0.15) is 31.9 Å². The van der Waals surface area contributed by atoms with Crippen LogP contribution in [0.5, 0.6) is 5.75 Å². The molecule has 2 amide bonds. The Labute approximate surface area is 160 Å². The molecule has 0 bridgehead atoms. The molecule has 0 radical (unpaired) electrons. The third-order valence-electron chi connectivity index (χ3n) is 4.51. The molecule has 27 heavy (non-hydrogen) atoms. The number of anilines is 2. The van der Waals surface area contributed by atoms with E-state index < -0.39 is 5.41 Å². The molecule has 0 unspecified atom stereocenters. The van der Waals surface area contributed by atoms with Crippen molar-refractivity contribution in [2.75, 3.05) is 23.4 Å². The largest absolute Gasteiger partial charge is 0.484 e. The molecule has 0 atom stereocenters. The third kappa shape index (κ3) is 4.48. The van der Waals surface area contributed by atoms with Gasteiger partial charge < -0.3 is 15.0 Å². The number of nitrogens with one attached hydrogen (secondary N) is 1. The molecule has 2 aromatic rings. The Hall–Kier alpha value is -2.82. The summed E-state index contributed by atoms with van der Waals surface area (Å²) in [4.78, 5) is 26.6. The van der Waals surface area contributed by atoms with Crippen molar-refractivity contribution in [1.82, 2.24) is 0 Å². The van der Waals surface area contributed by atoms with E-state index in [2.05, 4.69) is 5.32 Å². The number of hydrogen-bond acceptors (Lipinski definition) is 3. The summed E-state index contributed by atoms with van der Waals surface area (Å²) in [5.74, 6) is 0.581. The highest BCUT2D eigenvalue weighted by Crippen LogP contribution is 2.33. The molecule has 0 aliphatic carbocycles. The van der Waals surface area contributed by atoms with Gasteiger partial charge in [-0.1, -0.05) is 32.9 Å². The van der Waals surface area contributed by atoms with Gasteiger partial charge in [0.05, 0.1) is 0 Å². The van der Waals surface area contributed by atoms with Crippen LogP contribution in [0.15, 0.2) is 42.5 Å². The van der Waals surface area contributed by atoms with Gasteiger partial charge in [0.2, 0.25) is 5.91 Å². The maximum atomic E-state index is 12.6. The molecule has 1 aliphatic rings. The van der Waals surface area contributed by atoms with E-state index in [0.29, 0.717) is 12.3 Å². The van der Waals surface area contributed by atoms with Crippen molar-refractivity contribution in [1.29, 1.82) is 0 Å². The van der Waals surface area contributed by atoms with Gasteiger partial charge in [0.25, 0.3) is 5.91 Å². The number of fused-ring (bicyclic) bond motifs is 1. The van der Waals surface area contributed by atoms with Crippen LogP contribution >= 0.6 is 0 Å². The molecular weight excluding hydrogens is 340 g/mol. The van der Waals surface area contributed by atoms with Gasteiger partial charge in [-0.25, -0.2) is 0 Å². The highest BCUT2D eigenvalue weighted by molar-refractivity contribution is 5.99. The lowest BCUT2D eigenvalue weighted by molar-refractivity contribution is -0.125. The number of carbonyl (C=O) groups excluding carboxylic acids is 2. The highest BCUT2D eigenvalue weighted by atomic mass is 16.5. The van der Waals surface area contributed by atoms with Gasteiger partial charge in [0, 0.05) is 23.3 Å². The normalized spacial score (nSPS) is 13.3. The minimum absolute atomic E-state index is 0.0465. The van der Waals surface area contributed by atoms with Crippen LogP contribution in [0.4, 0.5) is 11.4 Å². The molecule has 0 saturated heterocycles. The van der Waals surface area contributed by atoms with Crippen molar-refractivity contribution >= 4 is 23.2 Å². The summed E-state index contributed by atoms with van der Waals surface area (Å²) in [6, 6.07) is 13.3. The lowest BCUT2D eigenvalue weighted by Crippen LogP contribution is -2.38. The minimum atomic E-state index is -0.415. The molecule has 1 heterocycles. The van der Waals surface area contributed by atoms with Crippen LogP contribution in [0.3, 0.4) is 0 Å². The number of aryl methyl sites for hydroxylation is 1. The Kier molecular flexibility index (Phi) is 5.22. The molecular formula is C22H26N2O3. The van der Waals surface area contributed by atoms with Crippen molar-refractivity contribution < 1.29 is 14.3 Å². The second-order valence-electron chi connectivity index (χ2n) is 7.95. The summed E-state index contributed by atoms with van der Waals surface area (Å²) in [7, 11) is 0. The first kappa shape index (κ1) is 19.0. The fraction of sp³-hybridized carbons (Fsp3) is 0.364. The number of rotatable bonds is 4. The van der Waals surface area contributed by atoms with E-state index in [1.807, 2.05) is 75.1 Å². The van der Waals surface area contributed by atoms with Crippen molar-refractivity contribution in [2.24, 2.45) is 5.41 Å². The van der Waals surface area contributed by atoms with E-state index >= 15 is 0 Å². The molecule has 5 heteroatoms. The predicted octanol–water partition coefficient (Wildman–Crippen LogP) is 3.95. The number of carbonyl (C=O) groups is 2. The summed E-state index contributed by atoms with van der Waals surface area (Å²) in [6.07, 6.45) is 0.792. The number of nitrogens with zero attached hydrogens (tertiary/aromatic N) is 1. The second-order valence-corrected chi connectivity index (χ2v) is 7.95. The average Bonchev–Trinajstić information content (AvgIpc) is 3.01. The van der Waals surface area contributed by atoms with E-state index in [4.69, 9.17) is 4.74 Å². The van der Waals surface area contributed by atoms with E-state index in [9.17, 15) is 9.59 Å². The monoisotopic (exact) mass is 366 g/mol. The zero-order chi connectivity index (χ0) is 19.6. The summed E-state index contributed by atoms with van der Waals surface area (Å²) in [5.41, 5.74) is 3.40. The van der Waals surface area contributed by atoms with E-state index in [0.717, 1.165) is 28.9 Å². The van der Waals surface area contributed by atoms with Gasteiger partial charge in [0.1, 0.15) is 5.75 Å². The Bertz CT molecular complexity index is 868. The molecule has 5 nitrogen and oxygen atoms in total. The maximum Gasteiger partial charge on any atom is 0.262 e. The molecule has 0 aromatic heterocycles. The highest BCUT2D eigenvalue weighted by Gasteiger charge is 2.32. The first-order valence-electron chi connectivity index (χ1n) is 9.18. The lowest BCUT2D eigenvalue weighted by atomic mass is 9.94. The summed E-state index contributed by atoms with van der Waals surface area (Å²) in [5, 5.41) is 2.86. The predicted molar refractivity (Wildman–Crippen MR) is 107 cm³/mol. The van der Waals surface area contributed by atoms with Crippen LogP contribution < -0.4 is 15.0 Å². The van der Waals surface area contributed by atoms with Gasteiger partial charge in [-0.3, -0.25) is 9.59 Å². The van der Waals surface area contributed by atoms with Gasteiger partial charge in [-0.15, -0.1) is 0 Å². The Balaban J connectivity index is 1.62. The molecule has 142 valence electrons. The standard InChI is InChI=1S/C22H26N2O3/c1-15-6-5-7-18(12-15)27-14-20(25)23-17-8-9-19-16(13-17)10-11-24(19)21(26)22(2,3)4/h5-9,12-13H,10-11,14H2,1-4H3,(H,23,25). The number of hydrogen-bond donors (Lipinski definition) is 1. The molecule has 0 fully saturated rings. The Morgan fingerprint density at radius 2 is 1.93 bits per heavy atom. The van der Waals surface area contributed by atoms with Crippen molar-refractivity contribution in [3.05, 3.63) is 53.6 Å². The fourth-order valence-corrected chi connectivity index (χ4v) is 3.15. The fourth-order valence-electron chi connectivity index (χ4n) is 3.15. The smallest absolute Gasteiger partial charge is 0.262 e. The molecule has 2 aromatic carbocycles. The molecule has 0 saturated carbocycles. The summed E-state index contributed by atoms with van der Waals surface area (Å²) in [6.45, 7) is 8.39. The first-order chi connectivity index (χ1) is 12.7. The van der Waals surface area contributed by atoms with Crippen molar-refractivity contribution in [3.63, 3.8) is 0 Å². The Morgan fingerprint density at radius 1 is 1.15 bits per heavy atom. The van der Waals surface area contributed by atoms with Gasteiger partial charge in [0.15, 0.2) is 6.61 Å². The second kappa shape index (κ2) is 7.43. The van der Waals surface area contributed by atoms with Crippen LogP contribution in [-0.2, 0) is 16.0 Å². The topological polar surface area (TPSA) is 58.6 Å². The molecule has 3 rings (SSSR count). The molecule has 1 aliphatic heterocycles. The van der Waals surface area contributed by atoms with Crippen LogP contribution in [0.25, 0.3) is 0 Å². The number of benzene rings is 2. The summed E-state index contributed by atoms with van der Waals surface area (Å²) >= 11 is 0. The van der Waals surface area contributed by atoms with Crippen LogP contribution in [-0.4, -0.2) is 25.0 Å². The quantitative estimate of drug-likeness (QED) is 0.891. The van der Waals surface area contributed by atoms with E-state index in [1.165, 1.54) is 0 Å². The Morgan fingerprint density at radius 3 is 2.63 bits per heavy atom. The summed E-state index contributed by atoms with van der Waals surface area (Å²) < 4.78 is 5.53. The van der Waals surface area contributed by atoms with E-state index in [1.54, 1.807) is 0 Å². The third-order valence-corrected chi connectivity index (χ3v) is 4.51. The zero-order valence-electron chi connectivity index (χ0n) is 16.3. The van der Waals surface area contributed by atoms with Gasteiger partial charge in [-0.05, 0) is 54.8 Å². The van der Waals surface area contributed by atoms with Gasteiger partial charge >= 0.3 is 0 Å². The zero-order valence-corrected chi connectivity index (χ0v) is 16.3. The minimum Gasteiger partial charge on any atom is -0.484 e. The van der Waals surface area contributed by atoms with Gasteiger partial charge in [-0.2, -0.15) is 0 Å².